The standard InChI is InChI=1S/C27H31N5O6S/c1-17-11-20(23-13-18(9-10-29-23)16-30-26(35)38-27(2,3)4)14-21(12-17)25(34)31-32-39(36,37)22-8-6-7-19(15-22)24(33)28-5/h6-15,32H,16H2,1-5H3,(H,28,33)(H,30,35)(H,31,34). The lowest BCUT2D eigenvalue weighted by Gasteiger charge is -2.19. The van der Waals surface area contributed by atoms with Crippen LogP contribution in [-0.4, -0.2) is 44.0 Å². The molecule has 0 aliphatic rings. The molecule has 4 N–H and O–H groups in total. The second-order valence-corrected chi connectivity index (χ2v) is 11.3. The van der Waals surface area contributed by atoms with Gasteiger partial charge in [-0.3, -0.25) is 20.0 Å². The molecular weight excluding hydrogens is 522 g/mol. The number of benzene rings is 2. The molecule has 1 aromatic heterocycles. The number of pyridine rings is 1. The van der Waals surface area contributed by atoms with Gasteiger partial charge in [0.25, 0.3) is 21.8 Å². The van der Waals surface area contributed by atoms with E-state index in [0.717, 1.165) is 11.1 Å². The van der Waals surface area contributed by atoms with Gasteiger partial charge >= 0.3 is 6.09 Å². The number of carbonyl (C=O) groups is 3. The Morgan fingerprint density at radius 2 is 1.69 bits per heavy atom. The average molecular weight is 554 g/mol. The Labute approximate surface area is 227 Å². The van der Waals surface area contributed by atoms with E-state index in [9.17, 15) is 22.8 Å². The quantitative estimate of drug-likeness (QED) is 0.312. The number of hydrogen-bond donors (Lipinski definition) is 4. The van der Waals surface area contributed by atoms with Crippen LogP contribution in [0.1, 0.15) is 52.6 Å². The first-order valence-electron chi connectivity index (χ1n) is 12.0. The zero-order valence-electron chi connectivity index (χ0n) is 22.3. The number of nitrogens with one attached hydrogen (secondary N) is 4. The first kappa shape index (κ1) is 29.3. The summed E-state index contributed by atoms with van der Waals surface area (Å²) in [5.41, 5.74) is 4.65. The molecule has 39 heavy (non-hydrogen) atoms. The molecule has 11 nitrogen and oxygen atoms in total. The Morgan fingerprint density at radius 3 is 2.38 bits per heavy atom. The molecule has 3 rings (SSSR count). The maximum atomic E-state index is 12.9. The van der Waals surface area contributed by atoms with E-state index in [2.05, 4.69) is 25.9 Å². The summed E-state index contributed by atoms with van der Waals surface area (Å²) in [7, 11) is -2.71. The zero-order chi connectivity index (χ0) is 28.8. The summed E-state index contributed by atoms with van der Waals surface area (Å²) < 4.78 is 30.7. The summed E-state index contributed by atoms with van der Waals surface area (Å²) in [5.74, 6) is -1.13. The molecule has 0 spiro atoms. The van der Waals surface area contributed by atoms with Crippen molar-refractivity contribution in [2.75, 3.05) is 7.05 Å². The van der Waals surface area contributed by atoms with Gasteiger partial charge in [-0.15, -0.1) is 4.83 Å². The summed E-state index contributed by atoms with van der Waals surface area (Å²) in [5, 5.41) is 5.12. The van der Waals surface area contributed by atoms with Crippen molar-refractivity contribution in [3.8, 4) is 11.3 Å². The lowest BCUT2D eigenvalue weighted by atomic mass is 10.0. The molecular formula is C27H31N5O6S. The fourth-order valence-electron chi connectivity index (χ4n) is 3.49. The Balaban J connectivity index is 1.73. The highest BCUT2D eigenvalue weighted by atomic mass is 32.2. The van der Waals surface area contributed by atoms with Gasteiger partial charge in [0.1, 0.15) is 5.60 Å². The monoisotopic (exact) mass is 553 g/mol. The third kappa shape index (κ3) is 8.35. The van der Waals surface area contributed by atoms with Crippen LogP contribution < -0.4 is 20.9 Å². The molecule has 12 heteroatoms. The van der Waals surface area contributed by atoms with Crippen LogP contribution in [0.25, 0.3) is 11.3 Å². The number of aromatic nitrogens is 1. The lowest BCUT2D eigenvalue weighted by molar-refractivity contribution is 0.0523. The van der Waals surface area contributed by atoms with Crippen LogP contribution in [-0.2, 0) is 21.3 Å². The Bertz CT molecular complexity index is 1500. The number of aryl methyl sites for hydroxylation is 1. The van der Waals surface area contributed by atoms with Crippen LogP contribution in [0, 0.1) is 6.92 Å². The van der Waals surface area contributed by atoms with Crippen LogP contribution in [0.3, 0.4) is 0 Å². The smallest absolute Gasteiger partial charge is 0.407 e. The molecule has 0 aliphatic heterocycles. The van der Waals surface area contributed by atoms with E-state index in [0.29, 0.717) is 11.3 Å². The van der Waals surface area contributed by atoms with Gasteiger partial charge in [-0.2, -0.15) is 0 Å². The minimum Gasteiger partial charge on any atom is -0.444 e. The molecule has 3 amide bonds. The van der Waals surface area contributed by atoms with Gasteiger partial charge in [0.15, 0.2) is 0 Å². The molecule has 0 fully saturated rings. The molecule has 3 aromatic rings. The van der Waals surface area contributed by atoms with Crippen molar-refractivity contribution in [3.63, 3.8) is 0 Å². The molecule has 206 valence electrons. The minimum atomic E-state index is -4.15. The lowest BCUT2D eigenvalue weighted by Crippen LogP contribution is -2.41. The van der Waals surface area contributed by atoms with E-state index < -0.39 is 33.5 Å². The fraction of sp³-hybridized carbons (Fsp3) is 0.259. The van der Waals surface area contributed by atoms with E-state index in [-0.39, 0.29) is 22.6 Å². The second kappa shape index (κ2) is 12.0. The number of carbonyl (C=O) groups excluding carboxylic acids is 3. The first-order valence-corrected chi connectivity index (χ1v) is 13.4. The van der Waals surface area contributed by atoms with Gasteiger partial charge in [0, 0.05) is 36.5 Å². The van der Waals surface area contributed by atoms with Crippen molar-refractivity contribution in [2.24, 2.45) is 0 Å². The van der Waals surface area contributed by atoms with Crippen molar-refractivity contribution in [1.82, 2.24) is 25.9 Å². The van der Waals surface area contributed by atoms with E-state index in [1.54, 1.807) is 58.2 Å². The topological polar surface area (TPSA) is 156 Å². The van der Waals surface area contributed by atoms with Crippen molar-refractivity contribution in [2.45, 2.75) is 44.7 Å². The number of nitrogens with zero attached hydrogens (tertiary/aromatic N) is 1. The highest BCUT2D eigenvalue weighted by molar-refractivity contribution is 7.89. The fourth-order valence-corrected chi connectivity index (χ4v) is 4.37. The van der Waals surface area contributed by atoms with Crippen molar-refractivity contribution in [3.05, 3.63) is 83.0 Å². The number of amides is 3. The van der Waals surface area contributed by atoms with Gasteiger partial charge in [-0.1, -0.05) is 6.07 Å². The van der Waals surface area contributed by atoms with Crippen molar-refractivity contribution in [1.29, 1.82) is 0 Å². The van der Waals surface area contributed by atoms with Gasteiger partial charge in [-0.05, 0) is 87.4 Å². The first-order chi connectivity index (χ1) is 18.3. The summed E-state index contributed by atoms with van der Waals surface area (Å²) in [6, 6.07) is 14.0. The van der Waals surface area contributed by atoms with E-state index >= 15 is 0 Å². The number of sulfonamides is 1. The Kier molecular flexibility index (Phi) is 9.04. The summed E-state index contributed by atoms with van der Waals surface area (Å²) >= 11 is 0. The number of hydrogen-bond acceptors (Lipinski definition) is 7. The van der Waals surface area contributed by atoms with E-state index in [1.165, 1.54) is 31.3 Å². The van der Waals surface area contributed by atoms with Gasteiger partial charge in [-0.25, -0.2) is 13.2 Å². The van der Waals surface area contributed by atoms with Gasteiger partial charge in [0.05, 0.1) is 10.6 Å². The molecule has 0 saturated heterocycles. The Hall–Kier alpha value is -4.29. The second-order valence-electron chi connectivity index (χ2n) is 9.66. The maximum absolute atomic E-state index is 12.9. The molecule has 0 radical (unpaired) electrons. The summed E-state index contributed by atoms with van der Waals surface area (Å²) in [4.78, 5) is 42.9. The molecule has 1 heterocycles. The van der Waals surface area contributed by atoms with Crippen molar-refractivity contribution < 1.29 is 27.5 Å². The molecule has 0 saturated carbocycles. The number of hydrazine groups is 1. The normalized spacial score (nSPS) is 11.4. The largest absolute Gasteiger partial charge is 0.444 e. The third-order valence-corrected chi connectivity index (χ3v) is 6.47. The van der Waals surface area contributed by atoms with E-state index in [1.807, 2.05) is 6.07 Å². The molecule has 2 aromatic carbocycles. The predicted octanol–water partition coefficient (Wildman–Crippen LogP) is 3.06. The number of alkyl carbamates (subject to hydrolysis) is 1. The number of rotatable bonds is 8. The van der Waals surface area contributed by atoms with Gasteiger partial charge < -0.3 is 15.4 Å². The van der Waals surface area contributed by atoms with Crippen LogP contribution in [0.4, 0.5) is 4.79 Å². The molecule has 0 bridgehead atoms. The molecule has 0 aliphatic carbocycles. The molecule has 0 atom stereocenters. The highest BCUT2D eigenvalue weighted by Gasteiger charge is 2.19. The van der Waals surface area contributed by atoms with Crippen molar-refractivity contribution >= 4 is 27.9 Å². The van der Waals surface area contributed by atoms with Crippen LogP contribution in [0.5, 0.6) is 0 Å². The zero-order valence-corrected chi connectivity index (χ0v) is 23.1. The van der Waals surface area contributed by atoms with Crippen LogP contribution >= 0.6 is 0 Å². The van der Waals surface area contributed by atoms with Gasteiger partial charge in [0.2, 0.25) is 0 Å². The highest BCUT2D eigenvalue weighted by Crippen LogP contribution is 2.22. The third-order valence-electron chi connectivity index (χ3n) is 5.23. The minimum absolute atomic E-state index is 0.158. The van der Waals surface area contributed by atoms with Crippen LogP contribution in [0.15, 0.2) is 65.7 Å². The SMILES string of the molecule is CNC(=O)c1cccc(S(=O)(=O)NNC(=O)c2cc(C)cc(-c3cc(CNC(=O)OC(C)(C)C)ccn3)c2)c1. The summed E-state index contributed by atoms with van der Waals surface area (Å²) in [6.07, 6.45) is 1.04. The predicted molar refractivity (Wildman–Crippen MR) is 145 cm³/mol. The molecule has 0 unspecified atom stereocenters. The Morgan fingerprint density at radius 1 is 0.949 bits per heavy atom. The maximum Gasteiger partial charge on any atom is 0.407 e. The average Bonchev–Trinajstić information content (AvgIpc) is 2.89. The van der Waals surface area contributed by atoms with Crippen LogP contribution in [0.2, 0.25) is 0 Å². The summed E-state index contributed by atoms with van der Waals surface area (Å²) in [6.45, 7) is 7.34. The number of ether oxygens (including phenoxy) is 1. The van der Waals surface area contributed by atoms with E-state index in [4.69, 9.17) is 4.74 Å².